The Bertz CT molecular complexity index is 753. The minimum Gasteiger partial charge on any atom is -0.452 e. The minimum atomic E-state index is -0.705. The van der Waals surface area contributed by atoms with Crippen molar-refractivity contribution >= 4 is 46.7 Å². The van der Waals surface area contributed by atoms with Crippen molar-refractivity contribution < 1.29 is 14.3 Å². The highest BCUT2D eigenvalue weighted by Gasteiger charge is 2.14. The summed E-state index contributed by atoms with van der Waals surface area (Å²) in [6.45, 7) is -0.0518. The van der Waals surface area contributed by atoms with E-state index in [1.807, 2.05) is 0 Å². The molecule has 2 aromatic rings. The van der Waals surface area contributed by atoms with Crippen molar-refractivity contribution in [2.45, 2.75) is 6.42 Å². The van der Waals surface area contributed by atoms with E-state index < -0.39 is 18.5 Å². The number of carbonyl (C=O) groups excluding carboxylic acids is 2. The quantitative estimate of drug-likeness (QED) is 0.608. The van der Waals surface area contributed by atoms with E-state index in [0.717, 1.165) is 5.56 Å². The lowest BCUT2D eigenvalue weighted by atomic mass is 10.1. The van der Waals surface area contributed by atoms with E-state index >= 15 is 0 Å². The zero-order valence-corrected chi connectivity index (χ0v) is 14.7. The van der Waals surface area contributed by atoms with Crippen LogP contribution in [0.15, 0.2) is 36.5 Å². The highest BCUT2D eigenvalue weighted by Crippen LogP contribution is 2.21. The van der Waals surface area contributed by atoms with Gasteiger partial charge >= 0.3 is 5.97 Å². The molecule has 0 aliphatic rings. The van der Waals surface area contributed by atoms with Crippen LogP contribution in [-0.2, 0) is 16.0 Å². The van der Waals surface area contributed by atoms with Crippen molar-refractivity contribution in [3.63, 3.8) is 0 Å². The largest absolute Gasteiger partial charge is 0.452 e. The summed E-state index contributed by atoms with van der Waals surface area (Å²) < 4.78 is 4.89. The van der Waals surface area contributed by atoms with Crippen LogP contribution >= 0.6 is 34.8 Å². The molecule has 0 fully saturated rings. The second-order valence-corrected chi connectivity index (χ2v) is 5.96. The van der Waals surface area contributed by atoms with Crippen molar-refractivity contribution in [3.8, 4) is 0 Å². The third-order valence-electron chi connectivity index (χ3n) is 3.04. The van der Waals surface area contributed by atoms with Crippen LogP contribution < -0.4 is 5.32 Å². The first-order valence-electron chi connectivity index (χ1n) is 6.95. The molecule has 1 N–H and O–H groups in total. The Morgan fingerprint density at radius 3 is 2.67 bits per heavy atom. The third-order valence-corrected chi connectivity index (χ3v) is 3.93. The van der Waals surface area contributed by atoms with Gasteiger partial charge in [0.25, 0.3) is 5.91 Å². The molecule has 0 unspecified atom stereocenters. The number of ether oxygens (including phenoxy) is 1. The van der Waals surface area contributed by atoms with Gasteiger partial charge in [-0.1, -0.05) is 40.9 Å². The number of pyridine rings is 1. The Morgan fingerprint density at radius 2 is 1.96 bits per heavy atom. The van der Waals surface area contributed by atoms with Gasteiger partial charge in [0.1, 0.15) is 5.15 Å². The van der Waals surface area contributed by atoms with E-state index in [9.17, 15) is 9.59 Å². The predicted octanol–water partition coefficient (Wildman–Crippen LogP) is 3.56. The number of nitrogens with zero attached hydrogens (tertiary/aromatic N) is 1. The summed E-state index contributed by atoms with van der Waals surface area (Å²) in [5.74, 6) is -1.13. The van der Waals surface area contributed by atoms with E-state index in [0.29, 0.717) is 23.0 Å². The predicted molar refractivity (Wildman–Crippen MR) is 92.7 cm³/mol. The van der Waals surface area contributed by atoms with Crippen molar-refractivity contribution in [1.29, 1.82) is 0 Å². The molecule has 1 aromatic heterocycles. The first-order chi connectivity index (χ1) is 11.5. The molecule has 24 heavy (non-hydrogen) atoms. The molecule has 0 saturated carbocycles. The number of hydrogen-bond acceptors (Lipinski definition) is 4. The first kappa shape index (κ1) is 18.5. The van der Waals surface area contributed by atoms with Gasteiger partial charge in [-0.05, 0) is 36.2 Å². The molecule has 0 bridgehead atoms. The monoisotopic (exact) mass is 386 g/mol. The van der Waals surface area contributed by atoms with Gasteiger partial charge in [0, 0.05) is 22.8 Å². The van der Waals surface area contributed by atoms with Gasteiger partial charge in [-0.2, -0.15) is 0 Å². The third kappa shape index (κ3) is 5.37. The van der Waals surface area contributed by atoms with Crippen molar-refractivity contribution in [3.05, 3.63) is 62.9 Å². The number of halogens is 3. The van der Waals surface area contributed by atoms with E-state index in [1.165, 1.54) is 12.3 Å². The molecule has 1 heterocycles. The Labute approximate surface area is 153 Å². The Hall–Kier alpha value is -1.82. The van der Waals surface area contributed by atoms with Gasteiger partial charge in [-0.3, -0.25) is 4.79 Å². The van der Waals surface area contributed by atoms with Crippen LogP contribution in [0.1, 0.15) is 15.9 Å². The maximum absolute atomic E-state index is 11.8. The van der Waals surface area contributed by atoms with E-state index in [2.05, 4.69) is 10.3 Å². The van der Waals surface area contributed by atoms with Crippen LogP contribution in [0.3, 0.4) is 0 Å². The number of amides is 1. The Balaban J connectivity index is 1.75. The molecule has 0 atom stereocenters. The summed E-state index contributed by atoms with van der Waals surface area (Å²) in [7, 11) is 0. The molecule has 8 heteroatoms. The number of hydrogen-bond donors (Lipinski definition) is 1. The molecule has 1 aromatic carbocycles. The fourth-order valence-corrected chi connectivity index (χ4v) is 2.56. The number of benzene rings is 1. The maximum Gasteiger partial charge on any atom is 0.341 e. The lowest BCUT2D eigenvalue weighted by Crippen LogP contribution is -2.30. The lowest BCUT2D eigenvalue weighted by Gasteiger charge is -2.08. The number of aromatic nitrogens is 1. The van der Waals surface area contributed by atoms with E-state index in [-0.39, 0.29) is 10.7 Å². The minimum absolute atomic E-state index is 0.0280. The zero-order chi connectivity index (χ0) is 17.5. The van der Waals surface area contributed by atoms with Crippen molar-refractivity contribution in [2.24, 2.45) is 0 Å². The molecule has 5 nitrogen and oxygen atoms in total. The molecule has 0 saturated heterocycles. The number of nitrogens with one attached hydrogen (secondary N) is 1. The van der Waals surface area contributed by atoms with Crippen molar-refractivity contribution in [1.82, 2.24) is 10.3 Å². The fourth-order valence-electron chi connectivity index (χ4n) is 1.86. The summed E-state index contributed by atoms with van der Waals surface area (Å²) in [5, 5.41) is 3.75. The van der Waals surface area contributed by atoms with E-state index in [1.54, 1.807) is 24.3 Å². The van der Waals surface area contributed by atoms with Gasteiger partial charge in [-0.15, -0.1) is 0 Å². The zero-order valence-electron chi connectivity index (χ0n) is 12.4. The molecule has 0 spiro atoms. The summed E-state index contributed by atoms with van der Waals surface area (Å²) in [6, 6.07) is 8.18. The summed E-state index contributed by atoms with van der Waals surface area (Å²) in [4.78, 5) is 27.3. The van der Waals surface area contributed by atoms with Gasteiger partial charge in [-0.25, -0.2) is 9.78 Å². The highest BCUT2D eigenvalue weighted by molar-refractivity contribution is 6.35. The van der Waals surface area contributed by atoms with Crippen LogP contribution in [-0.4, -0.2) is 30.0 Å². The average Bonchev–Trinajstić information content (AvgIpc) is 2.55. The fraction of sp³-hybridized carbons (Fsp3) is 0.188. The Morgan fingerprint density at radius 1 is 1.17 bits per heavy atom. The van der Waals surface area contributed by atoms with Gasteiger partial charge < -0.3 is 10.1 Å². The maximum atomic E-state index is 11.8. The lowest BCUT2D eigenvalue weighted by molar-refractivity contribution is -0.124. The molecule has 126 valence electrons. The SMILES string of the molecule is O=C(COC(=O)c1cccnc1Cl)NCCc1ccc(Cl)cc1Cl. The average molecular weight is 388 g/mol. The molecule has 0 radical (unpaired) electrons. The summed E-state index contributed by atoms with van der Waals surface area (Å²) in [5.41, 5.74) is 0.973. The molecule has 1 amide bonds. The highest BCUT2D eigenvalue weighted by atomic mass is 35.5. The number of esters is 1. The van der Waals surface area contributed by atoms with Crippen LogP contribution in [0.4, 0.5) is 0 Å². The van der Waals surface area contributed by atoms with Crippen LogP contribution in [0.2, 0.25) is 15.2 Å². The van der Waals surface area contributed by atoms with Crippen LogP contribution in [0.25, 0.3) is 0 Å². The van der Waals surface area contributed by atoms with Crippen molar-refractivity contribution in [2.75, 3.05) is 13.2 Å². The smallest absolute Gasteiger partial charge is 0.341 e. The molecule has 0 aliphatic carbocycles. The topological polar surface area (TPSA) is 68.3 Å². The van der Waals surface area contributed by atoms with Gasteiger partial charge in [0.2, 0.25) is 0 Å². The standard InChI is InChI=1S/C16H13Cl3N2O3/c17-11-4-3-10(13(18)8-11)5-7-20-14(22)9-24-16(23)12-2-1-6-21-15(12)19/h1-4,6,8H,5,7,9H2,(H,20,22). The normalized spacial score (nSPS) is 10.3. The number of carbonyl (C=O) groups is 2. The van der Waals surface area contributed by atoms with Gasteiger partial charge in [0.15, 0.2) is 6.61 Å². The second kappa shape index (κ2) is 8.87. The molecular weight excluding hydrogens is 375 g/mol. The first-order valence-corrected chi connectivity index (χ1v) is 8.09. The number of rotatable bonds is 6. The summed E-state index contributed by atoms with van der Waals surface area (Å²) in [6.07, 6.45) is 1.98. The second-order valence-electron chi connectivity index (χ2n) is 4.75. The molecular formula is C16H13Cl3N2O3. The van der Waals surface area contributed by atoms with Gasteiger partial charge in [0.05, 0.1) is 5.56 Å². The van der Waals surface area contributed by atoms with Crippen LogP contribution in [0, 0.1) is 0 Å². The van der Waals surface area contributed by atoms with E-state index in [4.69, 9.17) is 39.5 Å². The molecule has 0 aliphatic heterocycles. The Kier molecular flexibility index (Phi) is 6.85. The van der Waals surface area contributed by atoms with Crippen LogP contribution in [0.5, 0.6) is 0 Å². The molecule has 2 rings (SSSR count). The summed E-state index contributed by atoms with van der Waals surface area (Å²) >= 11 is 17.6.